The number of hydrogen-bond donors (Lipinski definition) is 3. The highest BCUT2D eigenvalue weighted by molar-refractivity contribution is 6.05. The smallest absolute Gasteiger partial charge is 0.329 e. The number of rotatable bonds is 26. The molecule has 2 rings (SSSR count). The molecule has 0 bridgehead atoms. The molecule has 1 aliphatic rings. The fraction of sp³-hybridized carbons (Fsp3) is 0.731. The second-order valence-corrected chi connectivity index (χ2v) is 18.4. The van der Waals surface area contributed by atoms with Crippen LogP contribution in [0.1, 0.15) is 167 Å². The molecule has 0 aromatic heterocycles. The van der Waals surface area contributed by atoms with Gasteiger partial charge in [-0.15, -0.1) is 0 Å². The van der Waals surface area contributed by atoms with E-state index < -0.39 is 77.6 Å². The Hall–Kier alpha value is -5.02. The van der Waals surface area contributed by atoms with Gasteiger partial charge in [0.05, 0.1) is 19.4 Å². The van der Waals surface area contributed by atoms with Crippen molar-refractivity contribution in [2.75, 3.05) is 20.7 Å². The van der Waals surface area contributed by atoms with Crippen molar-refractivity contribution in [2.45, 2.75) is 198 Å². The van der Waals surface area contributed by atoms with E-state index in [1.165, 1.54) is 37.8 Å². The van der Waals surface area contributed by atoms with Gasteiger partial charge in [0.1, 0.15) is 30.0 Å². The van der Waals surface area contributed by atoms with Crippen molar-refractivity contribution in [1.29, 1.82) is 0 Å². The Bertz CT molecular complexity index is 1680. The Morgan fingerprint density at radius 2 is 1.40 bits per heavy atom. The Kier molecular flexibility index (Phi) is 33.6. The summed E-state index contributed by atoms with van der Waals surface area (Å²) >= 11 is 0. The largest absolute Gasteiger partial charge is 0.497 e. The van der Waals surface area contributed by atoms with Crippen molar-refractivity contribution in [3.63, 3.8) is 0 Å². The number of hydrogen-bond acceptors (Lipinski definition) is 11. The number of likely N-dealkylation sites (tertiary alicyclic amines) is 1. The molecule has 16 heteroatoms. The van der Waals surface area contributed by atoms with Gasteiger partial charge in [0, 0.05) is 32.9 Å². The summed E-state index contributed by atoms with van der Waals surface area (Å²) in [7, 11) is 3.01. The zero-order valence-electron chi connectivity index (χ0n) is 44.6. The summed E-state index contributed by atoms with van der Waals surface area (Å²) in [6.07, 6.45) is 3.12. The number of nitrogens with two attached hydrogens (primary N) is 2. The maximum Gasteiger partial charge on any atom is 0.329 e. The van der Waals surface area contributed by atoms with E-state index in [1.54, 1.807) is 38.1 Å². The van der Waals surface area contributed by atoms with Crippen LogP contribution in [0.4, 0.5) is 0 Å². The number of primary amides is 2. The number of benzene rings is 1. The first-order valence-corrected chi connectivity index (χ1v) is 24.9. The highest BCUT2D eigenvalue weighted by Gasteiger charge is 2.43. The summed E-state index contributed by atoms with van der Waals surface area (Å²) in [5.74, 6) is -4.24. The van der Waals surface area contributed by atoms with Crippen molar-refractivity contribution in [2.24, 2.45) is 41.1 Å². The first kappa shape index (κ1) is 65.1. The van der Waals surface area contributed by atoms with Gasteiger partial charge in [0.25, 0.3) is 0 Å². The third-order valence-electron chi connectivity index (χ3n) is 11.3. The molecule has 68 heavy (non-hydrogen) atoms. The van der Waals surface area contributed by atoms with E-state index in [-0.39, 0.29) is 50.0 Å². The second kappa shape index (κ2) is 35.1. The predicted molar refractivity (Wildman–Crippen MR) is 267 cm³/mol. The molecule has 5 unspecified atom stereocenters. The van der Waals surface area contributed by atoms with Crippen molar-refractivity contribution in [1.82, 2.24) is 15.1 Å². The van der Waals surface area contributed by atoms with E-state index in [4.69, 9.17) is 25.7 Å². The van der Waals surface area contributed by atoms with Crippen LogP contribution in [-0.2, 0) is 54.3 Å². The normalized spacial score (nSPS) is 15.6. The lowest BCUT2D eigenvalue weighted by Gasteiger charge is -2.34. The summed E-state index contributed by atoms with van der Waals surface area (Å²) in [6, 6.07) is 3.91. The fourth-order valence-electron chi connectivity index (χ4n) is 7.16. The number of nitrogens with one attached hydrogen (secondary N) is 1. The number of esters is 2. The standard InChI is InChI=1S/C42H66N4O10.C6H13NO.2C2H6/c1-11-27(6)14-12-16-36(48)56-38(26(4)5)37(49)29(8)39(50)44-32(22-25(2)3)40(51)46-21-13-15-33(46)41(52)45(9)34(42(53)55-28(7)23-35(43)47)24-30-17-19-31(54-10)20-18-30;1-5(2)3-4-6(7)8;2*1-2/h17-20,25-29,32-34,38H,11-16,21-24H2,1-10H3,(H2,43,47)(H,44,50);5H,3-4H2,1-2H3,(H2,7,8);2*1-2H3/t27?,28-,29+,32?,33?,34?,38?;;;/m1.../s1. The van der Waals surface area contributed by atoms with Gasteiger partial charge in [-0.2, -0.15) is 0 Å². The van der Waals surface area contributed by atoms with E-state index in [1.807, 2.05) is 41.5 Å². The number of nitrogens with zero attached hydrogens (tertiary/aromatic N) is 2. The molecule has 1 heterocycles. The maximum absolute atomic E-state index is 14.2. The van der Waals surface area contributed by atoms with Crippen LogP contribution in [0.5, 0.6) is 5.75 Å². The monoisotopic (exact) mass is 962 g/mol. The van der Waals surface area contributed by atoms with E-state index >= 15 is 0 Å². The van der Waals surface area contributed by atoms with Gasteiger partial charge in [0.2, 0.25) is 29.5 Å². The van der Waals surface area contributed by atoms with Gasteiger partial charge < -0.3 is 40.8 Å². The van der Waals surface area contributed by atoms with E-state index in [0.717, 1.165) is 19.3 Å². The minimum Gasteiger partial charge on any atom is -0.497 e. The topological polar surface area (TPSA) is 235 Å². The molecule has 1 aromatic rings. The molecule has 0 aliphatic carbocycles. The molecule has 1 aromatic carbocycles. The molecule has 1 saturated heterocycles. The maximum atomic E-state index is 14.2. The first-order valence-electron chi connectivity index (χ1n) is 24.9. The van der Waals surface area contributed by atoms with Gasteiger partial charge in [0.15, 0.2) is 11.9 Å². The molecular formula is C52H91N5O11. The quantitative estimate of drug-likeness (QED) is 0.0614. The van der Waals surface area contributed by atoms with Crippen LogP contribution in [0, 0.1) is 29.6 Å². The molecule has 1 fully saturated rings. The lowest BCUT2D eigenvalue weighted by atomic mass is 9.93. The molecule has 0 radical (unpaired) electrons. The molecule has 0 spiro atoms. The SMILES string of the molecule is CC.CC.CC(C)CCC(N)=O.CCC(C)CCCC(=O)OC(C(=O)[C@H](C)C(=O)NC(CC(C)C)C(=O)N1CCCC1C(=O)N(C)C(Cc1ccc(OC)cc1)C(=O)O[C@H](C)CC(N)=O)C(C)C. The van der Waals surface area contributed by atoms with Gasteiger partial charge in [-0.05, 0) is 87.3 Å². The van der Waals surface area contributed by atoms with Crippen molar-refractivity contribution < 1.29 is 52.6 Å². The number of likely N-dealkylation sites (N-methyl/N-ethyl adjacent to an activating group) is 1. The Balaban J connectivity index is 0. The average molecular weight is 962 g/mol. The van der Waals surface area contributed by atoms with Crippen molar-refractivity contribution >= 4 is 47.3 Å². The van der Waals surface area contributed by atoms with Crippen molar-refractivity contribution in [3.8, 4) is 5.75 Å². The number of carbonyl (C=O) groups excluding carboxylic acids is 8. The molecule has 5 amide bonds. The molecule has 1 aliphatic heterocycles. The van der Waals surface area contributed by atoms with Gasteiger partial charge in [-0.1, -0.05) is 108 Å². The lowest BCUT2D eigenvalue weighted by Crippen LogP contribution is -2.57. The first-order chi connectivity index (χ1) is 31.9. The van der Waals surface area contributed by atoms with Crippen LogP contribution < -0.4 is 21.5 Å². The van der Waals surface area contributed by atoms with E-state index in [2.05, 4.69) is 33.0 Å². The number of methoxy groups -OCH3 is 1. The zero-order chi connectivity index (χ0) is 52.8. The van der Waals surface area contributed by atoms with Crippen LogP contribution in [0.15, 0.2) is 24.3 Å². The molecule has 5 N–H and O–H groups in total. The minimum atomic E-state index is -1.22. The second-order valence-electron chi connectivity index (χ2n) is 18.4. The highest BCUT2D eigenvalue weighted by atomic mass is 16.6. The predicted octanol–water partition coefficient (Wildman–Crippen LogP) is 7.34. The van der Waals surface area contributed by atoms with Crippen LogP contribution in [-0.4, -0.2) is 108 Å². The van der Waals surface area contributed by atoms with E-state index in [9.17, 15) is 38.4 Å². The number of amides is 5. The third kappa shape index (κ3) is 24.8. The summed E-state index contributed by atoms with van der Waals surface area (Å²) < 4.78 is 16.4. The van der Waals surface area contributed by atoms with Gasteiger partial charge in [-0.3, -0.25) is 33.6 Å². The van der Waals surface area contributed by atoms with Crippen LogP contribution in [0.2, 0.25) is 0 Å². The number of carbonyl (C=O) groups is 8. The van der Waals surface area contributed by atoms with Crippen LogP contribution >= 0.6 is 0 Å². The average Bonchev–Trinajstić information content (AvgIpc) is 3.79. The number of Topliss-reactive ketones (excluding diaryl/α,β-unsaturated/α-hetero) is 1. The summed E-state index contributed by atoms with van der Waals surface area (Å²) in [5.41, 5.74) is 10.9. The Morgan fingerprint density at radius 3 is 1.87 bits per heavy atom. The molecule has 0 saturated carbocycles. The van der Waals surface area contributed by atoms with Crippen LogP contribution in [0.3, 0.4) is 0 Å². The Labute approximate surface area is 409 Å². The highest BCUT2D eigenvalue weighted by Crippen LogP contribution is 2.25. The zero-order valence-corrected chi connectivity index (χ0v) is 44.6. The minimum absolute atomic E-state index is 0.0412. The van der Waals surface area contributed by atoms with Gasteiger partial charge in [-0.25, -0.2) is 4.79 Å². The summed E-state index contributed by atoms with van der Waals surface area (Å²) in [4.78, 5) is 106. The fourth-order valence-corrected chi connectivity index (χ4v) is 7.16. The van der Waals surface area contributed by atoms with Gasteiger partial charge >= 0.3 is 11.9 Å². The number of ketones is 1. The molecule has 7 atom stereocenters. The van der Waals surface area contributed by atoms with E-state index in [0.29, 0.717) is 48.8 Å². The van der Waals surface area contributed by atoms with Crippen molar-refractivity contribution in [3.05, 3.63) is 29.8 Å². The molecule has 16 nitrogen and oxygen atoms in total. The summed E-state index contributed by atoms with van der Waals surface area (Å²) in [6.45, 7) is 26.8. The number of ether oxygens (including phenoxy) is 3. The molecular weight excluding hydrogens is 871 g/mol. The molecule has 390 valence electrons. The third-order valence-corrected chi connectivity index (χ3v) is 11.3. The Morgan fingerprint density at radius 1 is 0.809 bits per heavy atom. The summed E-state index contributed by atoms with van der Waals surface area (Å²) in [5, 5.41) is 2.78. The van der Waals surface area contributed by atoms with Crippen LogP contribution in [0.25, 0.3) is 0 Å². The lowest BCUT2D eigenvalue weighted by molar-refractivity contribution is -0.161.